The molecule has 66 valence electrons. The first-order valence-corrected chi connectivity index (χ1v) is 4.85. The van der Waals surface area contributed by atoms with Crippen molar-refractivity contribution in [1.82, 2.24) is 0 Å². The molecule has 0 radical (unpaired) electrons. The van der Waals surface area contributed by atoms with Crippen molar-refractivity contribution in [2.45, 2.75) is 32.3 Å². The highest BCUT2D eigenvalue weighted by Gasteiger charge is 2.21. The van der Waals surface area contributed by atoms with Crippen LogP contribution < -0.4 is 0 Å². The Morgan fingerprint density at radius 2 is 2.42 bits per heavy atom. The Hall–Kier alpha value is -0.560. The van der Waals surface area contributed by atoms with E-state index in [0.29, 0.717) is 12.0 Å². The summed E-state index contributed by atoms with van der Waals surface area (Å²) in [5.74, 6) is 0.703. The molecular formula is C11H16O. The van der Waals surface area contributed by atoms with Crippen LogP contribution in [0.15, 0.2) is 23.8 Å². The van der Waals surface area contributed by atoms with E-state index in [-0.39, 0.29) is 0 Å². The van der Waals surface area contributed by atoms with Crippen molar-refractivity contribution >= 4 is 0 Å². The zero-order chi connectivity index (χ0) is 8.39. The number of hydrogen-bond donors (Lipinski definition) is 0. The van der Waals surface area contributed by atoms with Crippen LogP contribution in [0.1, 0.15) is 26.2 Å². The molecule has 0 aromatic carbocycles. The molecule has 2 unspecified atom stereocenters. The monoisotopic (exact) mass is 164 g/mol. The number of hydrogen-bond acceptors (Lipinski definition) is 1. The summed E-state index contributed by atoms with van der Waals surface area (Å²) in [5.41, 5.74) is 1.50. The number of rotatable bonds is 1. The summed E-state index contributed by atoms with van der Waals surface area (Å²) >= 11 is 0. The van der Waals surface area contributed by atoms with Gasteiger partial charge in [0.25, 0.3) is 0 Å². The van der Waals surface area contributed by atoms with Gasteiger partial charge in [0.2, 0.25) is 0 Å². The maximum absolute atomic E-state index is 5.64. The van der Waals surface area contributed by atoms with Crippen LogP contribution in [0.25, 0.3) is 0 Å². The Labute approximate surface area is 74.1 Å². The molecule has 1 saturated heterocycles. The normalized spacial score (nSPS) is 35.2. The quantitative estimate of drug-likeness (QED) is 0.579. The summed E-state index contributed by atoms with van der Waals surface area (Å²) in [6.07, 6.45) is 10.8. The zero-order valence-corrected chi connectivity index (χ0v) is 7.62. The first kappa shape index (κ1) is 8.06. The first-order valence-electron chi connectivity index (χ1n) is 4.85. The minimum absolute atomic E-state index is 0.442. The molecule has 2 aliphatic rings. The fraction of sp³-hybridized carbons (Fsp3) is 0.636. The molecule has 1 heterocycles. The van der Waals surface area contributed by atoms with E-state index in [1.54, 1.807) is 0 Å². The largest absolute Gasteiger partial charge is 0.374 e. The zero-order valence-electron chi connectivity index (χ0n) is 7.62. The topological polar surface area (TPSA) is 9.23 Å². The Morgan fingerprint density at radius 1 is 1.50 bits per heavy atom. The lowest BCUT2D eigenvalue weighted by Crippen LogP contribution is -2.12. The molecule has 1 fully saturated rings. The van der Waals surface area contributed by atoms with Crippen molar-refractivity contribution in [3.8, 4) is 0 Å². The van der Waals surface area contributed by atoms with Crippen molar-refractivity contribution in [3.63, 3.8) is 0 Å². The minimum atomic E-state index is 0.442. The third-order valence-electron chi connectivity index (χ3n) is 2.65. The van der Waals surface area contributed by atoms with Crippen molar-refractivity contribution in [2.24, 2.45) is 5.92 Å². The summed E-state index contributed by atoms with van der Waals surface area (Å²) in [6, 6.07) is 0. The van der Waals surface area contributed by atoms with E-state index in [2.05, 4.69) is 25.2 Å². The molecule has 0 aromatic heterocycles. The van der Waals surface area contributed by atoms with E-state index in [9.17, 15) is 0 Å². The van der Waals surface area contributed by atoms with Crippen LogP contribution in [0, 0.1) is 5.92 Å². The molecule has 1 nitrogen and oxygen atoms in total. The lowest BCUT2D eigenvalue weighted by Gasteiger charge is -2.19. The van der Waals surface area contributed by atoms with Crippen LogP contribution in [0.4, 0.5) is 0 Å². The molecule has 0 saturated carbocycles. The Kier molecular flexibility index (Phi) is 2.31. The van der Waals surface area contributed by atoms with E-state index in [1.807, 2.05) is 0 Å². The van der Waals surface area contributed by atoms with Gasteiger partial charge in [-0.3, -0.25) is 0 Å². The van der Waals surface area contributed by atoms with E-state index in [1.165, 1.54) is 24.8 Å². The summed E-state index contributed by atoms with van der Waals surface area (Å²) in [6.45, 7) is 3.22. The molecule has 12 heavy (non-hydrogen) atoms. The Morgan fingerprint density at radius 3 is 3.08 bits per heavy atom. The van der Waals surface area contributed by atoms with Crippen LogP contribution in [-0.2, 0) is 4.74 Å². The van der Waals surface area contributed by atoms with Crippen LogP contribution in [0.3, 0.4) is 0 Å². The van der Waals surface area contributed by atoms with Gasteiger partial charge in [-0.2, -0.15) is 0 Å². The molecule has 0 amide bonds. The van der Waals surface area contributed by atoms with Gasteiger partial charge in [0.15, 0.2) is 0 Å². The second-order valence-corrected chi connectivity index (χ2v) is 3.81. The lowest BCUT2D eigenvalue weighted by atomic mass is 9.91. The van der Waals surface area contributed by atoms with Crippen LogP contribution >= 0.6 is 0 Å². The highest BCUT2D eigenvalue weighted by molar-refractivity contribution is 5.23. The highest BCUT2D eigenvalue weighted by atomic mass is 16.5. The van der Waals surface area contributed by atoms with Crippen molar-refractivity contribution in [2.75, 3.05) is 6.61 Å². The van der Waals surface area contributed by atoms with E-state index >= 15 is 0 Å². The predicted octanol–water partition coefficient (Wildman–Crippen LogP) is 2.69. The van der Waals surface area contributed by atoms with E-state index in [4.69, 9.17) is 4.74 Å². The van der Waals surface area contributed by atoms with Crippen molar-refractivity contribution in [3.05, 3.63) is 23.8 Å². The molecule has 2 rings (SSSR count). The van der Waals surface area contributed by atoms with Crippen LogP contribution in [0.5, 0.6) is 0 Å². The van der Waals surface area contributed by atoms with Gasteiger partial charge in [0, 0.05) is 6.61 Å². The SMILES string of the molecule is CC1C=CC=C(C2CCCO2)C1. The lowest BCUT2D eigenvalue weighted by molar-refractivity contribution is 0.133. The molecular weight excluding hydrogens is 148 g/mol. The average Bonchev–Trinajstić information content (AvgIpc) is 2.56. The van der Waals surface area contributed by atoms with Gasteiger partial charge in [-0.1, -0.05) is 25.2 Å². The Balaban J connectivity index is 2.02. The average molecular weight is 164 g/mol. The first-order chi connectivity index (χ1) is 5.86. The second kappa shape index (κ2) is 3.44. The van der Waals surface area contributed by atoms with Gasteiger partial charge in [-0.25, -0.2) is 0 Å². The van der Waals surface area contributed by atoms with Crippen LogP contribution in [-0.4, -0.2) is 12.7 Å². The molecule has 0 aromatic rings. The molecule has 1 heteroatoms. The van der Waals surface area contributed by atoms with Gasteiger partial charge in [0.1, 0.15) is 0 Å². The maximum atomic E-state index is 5.64. The van der Waals surface area contributed by atoms with Crippen molar-refractivity contribution in [1.29, 1.82) is 0 Å². The number of allylic oxidation sites excluding steroid dienone is 3. The third-order valence-corrected chi connectivity index (χ3v) is 2.65. The van der Waals surface area contributed by atoms with Gasteiger partial charge >= 0.3 is 0 Å². The van der Waals surface area contributed by atoms with Gasteiger partial charge in [0.05, 0.1) is 6.10 Å². The minimum Gasteiger partial charge on any atom is -0.374 e. The maximum Gasteiger partial charge on any atom is 0.0789 e. The van der Waals surface area contributed by atoms with Gasteiger partial charge < -0.3 is 4.74 Å². The molecule has 1 aliphatic carbocycles. The predicted molar refractivity (Wildman–Crippen MR) is 50.0 cm³/mol. The Bertz CT molecular complexity index is 209. The van der Waals surface area contributed by atoms with E-state index in [0.717, 1.165) is 6.61 Å². The molecule has 2 atom stereocenters. The highest BCUT2D eigenvalue weighted by Crippen LogP contribution is 2.27. The summed E-state index contributed by atoms with van der Waals surface area (Å²) in [7, 11) is 0. The fourth-order valence-corrected chi connectivity index (χ4v) is 1.99. The molecule has 1 aliphatic heterocycles. The summed E-state index contributed by atoms with van der Waals surface area (Å²) < 4.78 is 5.64. The molecule has 0 spiro atoms. The molecule has 0 bridgehead atoms. The van der Waals surface area contributed by atoms with E-state index < -0.39 is 0 Å². The summed E-state index contributed by atoms with van der Waals surface area (Å²) in [4.78, 5) is 0. The molecule has 0 N–H and O–H groups in total. The number of ether oxygens (including phenoxy) is 1. The van der Waals surface area contributed by atoms with Crippen LogP contribution in [0.2, 0.25) is 0 Å². The standard InChI is InChI=1S/C11H16O/c1-9-4-2-5-10(8-9)11-6-3-7-12-11/h2,4-5,9,11H,3,6-8H2,1H3. The van der Waals surface area contributed by atoms with Crippen molar-refractivity contribution < 1.29 is 4.74 Å². The smallest absolute Gasteiger partial charge is 0.0789 e. The van der Waals surface area contributed by atoms with Gasteiger partial charge in [-0.05, 0) is 30.8 Å². The van der Waals surface area contributed by atoms with Gasteiger partial charge in [-0.15, -0.1) is 0 Å². The second-order valence-electron chi connectivity index (χ2n) is 3.81. The fourth-order valence-electron chi connectivity index (χ4n) is 1.99. The summed E-state index contributed by atoms with van der Waals surface area (Å²) in [5, 5.41) is 0. The third kappa shape index (κ3) is 1.61.